The third-order valence-electron chi connectivity index (χ3n) is 3.59. The zero-order valence-corrected chi connectivity index (χ0v) is 12.7. The summed E-state index contributed by atoms with van der Waals surface area (Å²) in [5, 5.41) is 0.784. The summed E-state index contributed by atoms with van der Waals surface area (Å²) in [7, 11) is 4.03. The number of benzene rings is 1. The van der Waals surface area contributed by atoms with Gasteiger partial charge in [-0.1, -0.05) is 29.3 Å². The van der Waals surface area contributed by atoms with Crippen LogP contribution >= 0.6 is 23.2 Å². The standard InChI is InChI=1S/C14H18Cl2N2O/c1-17-7-4-8-18(2)12(9-17)14(19)10-5-3-6-11(15)13(10)16/h3,5-6,12H,4,7-9H2,1-2H3. The van der Waals surface area contributed by atoms with E-state index in [0.29, 0.717) is 15.6 Å². The molecule has 1 saturated heterocycles. The van der Waals surface area contributed by atoms with E-state index in [1.807, 2.05) is 14.1 Å². The van der Waals surface area contributed by atoms with Crippen LogP contribution in [0.5, 0.6) is 0 Å². The van der Waals surface area contributed by atoms with Crippen molar-refractivity contribution in [1.82, 2.24) is 9.80 Å². The van der Waals surface area contributed by atoms with Crippen molar-refractivity contribution in [3.63, 3.8) is 0 Å². The summed E-state index contributed by atoms with van der Waals surface area (Å²) in [5.74, 6) is 0.0451. The van der Waals surface area contributed by atoms with Crippen LogP contribution in [0.25, 0.3) is 0 Å². The van der Waals surface area contributed by atoms with Crippen molar-refractivity contribution >= 4 is 29.0 Å². The first-order valence-corrected chi connectivity index (χ1v) is 7.13. The van der Waals surface area contributed by atoms with E-state index < -0.39 is 0 Å². The summed E-state index contributed by atoms with van der Waals surface area (Å²) in [5.41, 5.74) is 0.515. The summed E-state index contributed by atoms with van der Waals surface area (Å²) in [6.45, 7) is 2.65. The fourth-order valence-electron chi connectivity index (χ4n) is 2.43. The van der Waals surface area contributed by atoms with Gasteiger partial charge in [0.25, 0.3) is 0 Å². The Bertz CT molecular complexity index is 479. The number of hydrogen-bond donors (Lipinski definition) is 0. The summed E-state index contributed by atoms with van der Waals surface area (Å²) >= 11 is 12.1. The fourth-order valence-corrected chi connectivity index (χ4v) is 2.82. The normalized spacial score (nSPS) is 22.2. The van der Waals surface area contributed by atoms with Crippen LogP contribution in [0.15, 0.2) is 18.2 Å². The van der Waals surface area contributed by atoms with Crippen molar-refractivity contribution in [2.24, 2.45) is 0 Å². The zero-order valence-electron chi connectivity index (χ0n) is 11.2. The maximum atomic E-state index is 12.7. The Morgan fingerprint density at radius 2 is 2.00 bits per heavy atom. The number of ketones is 1. The van der Waals surface area contributed by atoms with Gasteiger partial charge in [0.1, 0.15) is 0 Å². The molecule has 0 aliphatic carbocycles. The molecule has 0 saturated carbocycles. The van der Waals surface area contributed by atoms with Crippen LogP contribution in [0.2, 0.25) is 10.0 Å². The molecule has 2 rings (SSSR count). The number of carbonyl (C=O) groups excluding carboxylic acids is 1. The zero-order chi connectivity index (χ0) is 14.0. The predicted octanol–water partition coefficient (Wildman–Crippen LogP) is 2.81. The quantitative estimate of drug-likeness (QED) is 0.785. The molecule has 3 nitrogen and oxygen atoms in total. The third kappa shape index (κ3) is 3.29. The molecule has 1 aliphatic heterocycles. The maximum absolute atomic E-state index is 12.7. The molecule has 19 heavy (non-hydrogen) atoms. The number of likely N-dealkylation sites (N-methyl/N-ethyl adjacent to an activating group) is 2. The van der Waals surface area contributed by atoms with Gasteiger partial charge in [-0.05, 0) is 45.7 Å². The molecular weight excluding hydrogens is 283 g/mol. The Balaban J connectivity index is 2.28. The monoisotopic (exact) mass is 300 g/mol. The number of nitrogens with zero attached hydrogens (tertiary/aromatic N) is 2. The van der Waals surface area contributed by atoms with Crippen LogP contribution in [0.3, 0.4) is 0 Å². The van der Waals surface area contributed by atoms with Crippen molar-refractivity contribution in [2.75, 3.05) is 33.7 Å². The summed E-state index contributed by atoms with van der Waals surface area (Å²) in [6.07, 6.45) is 1.07. The van der Waals surface area contributed by atoms with Crippen molar-refractivity contribution in [3.05, 3.63) is 33.8 Å². The topological polar surface area (TPSA) is 23.6 Å². The van der Waals surface area contributed by atoms with Crippen LogP contribution < -0.4 is 0 Å². The Morgan fingerprint density at radius 1 is 1.26 bits per heavy atom. The summed E-state index contributed by atoms with van der Waals surface area (Å²) < 4.78 is 0. The minimum atomic E-state index is -0.163. The van der Waals surface area contributed by atoms with Crippen molar-refractivity contribution in [3.8, 4) is 0 Å². The van der Waals surface area contributed by atoms with Crippen molar-refractivity contribution in [2.45, 2.75) is 12.5 Å². The van der Waals surface area contributed by atoms with E-state index in [-0.39, 0.29) is 11.8 Å². The maximum Gasteiger partial charge on any atom is 0.182 e. The first kappa shape index (κ1) is 14.8. The third-order valence-corrected chi connectivity index (χ3v) is 4.41. The lowest BCUT2D eigenvalue weighted by molar-refractivity contribution is 0.0839. The number of Topliss-reactive ketones (excluding diaryl/α,β-unsaturated/α-hetero) is 1. The smallest absolute Gasteiger partial charge is 0.182 e. The van der Waals surface area contributed by atoms with Gasteiger partial charge in [0.2, 0.25) is 0 Å². The van der Waals surface area contributed by atoms with Gasteiger partial charge in [0.15, 0.2) is 5.78 Å². The Morgan fingerprint density at radius 3 is 2.74 bits per heavy atom. The number of halogens is 2. The van der Waals surface area contributed by atoms with Gasteiger partial charge in [0.05, 0.1) is 16.1 Å². The van der Waals surface area contributed by atoms with E-state index in [4.69, 9.17) is 23.2 Å². The molecule has 0 bridgehead atoms. The lowest BCUT2D eigenvalue weighted by Gasteiger charge is -2.26. The van der Waals surface area contributed by atoms with Crippen LogP contribution in [0.1, 0.15) is 16.8 Å². The largest absolute Gasteiger partial charge is 0.304 e. The van der Waals surface area contributed by atoms with Crippen LogP contribution in [-0.2, 0) is 0 Å². The van der Waals surface area contributed by atoms with Gasteiger partial charge in [-0.25, -0.2) is 0 Å². The molecule has 1 aromatic rings. The van der Waals surface area contributed by atoms with E-state index in [2.05, 4.69) is 9.80 Å². The molecule has 0 spiro atoms. The van der Waals surface area contributed by atoms with E-state index in [1.165, 1.54) is 0 Å². The molecule has 1 aliphatic rings. The predicted molar refractivity (Wildman–Crippen MR) is 79.3 cm³/mol. The number of carbonyl (C=O) groups is 1. The van der Waals surface area contributed by atoms with Crippen molar-refractivity contribution in [1.29, 1.82) is 0 Å². The average Bonchev–Trinajstić information content (AvgIpc) is 2.54. The van der Waals surface area contributed by atoms with Crippen LogP contribution in [-0.4, -0.2) is 55.4 Å². The second kappa shape index (κ2) is 6.23. The molecule has 1 heterocycles. The summed E-state index contributed by atoms with van der Waals surface area (Å²) in [4.78, 5) is 17.0. The lowest BCUT2D eigenvalue weighted by atomic mass is 10.0. The Kier molecular flexibility index (Phi) is 4.85. The summed E-state index contributed by atoms with van der Waals surface area (Å²) in [6, 6.07) is 5.05. The second-order valence-corrected chi connectivity index (χ2v) is 5.86. The van der Waals surface area contributed by atoms with Gasteiger partial charge in [-0.3, -0.25) is 9.69 Å². The number of hydrogen-bond acceptors (Lipinski definition) is 3. The first-order valence-electron chi connectivity index (χ1n) is 6.37. The molecule has 5 heteroatoms. The fraction of sp³-hybridized carbons (Fsp3) is 0.500. The minimum Gasteiger partial charge on any atom is -0.304 e. The van der Waals surface area contributed by atoms with Gasteiger partial charge in [0, 0.05) is 12.1 Å². The van der Waals surface area contributed by atoms with E-state index in [1.54, 1.807) is 18.2 Å². The highest BCUT2D eigenvalue weighted by atomic mass is 35.5. The SMILES string of the molecule is CN1CCCN(C)C(C(=O)c2cccc(Cl)c2Cl)C1. The van der Waals surface area contributed by atoms with Gasteiger partial charge < -0.3 is 4.90 Å². The highest BCUT2D eigenvalue weighted by Crippen LogP contribution is 2.27. The average molecular weight is 301 g/mol. The van der Waals surface area contributed by atoms with Crippen molar-refractivity contribution < 1.29 is 4.79 Å². The lowest BCUT2D eigenvalue weighted by Crippen LogP contribution is -2.43. The second-order valence-electron chi connectivity index (χ2n) is 5.08. The molecule has 0 radical (unpaired) electrons. The first-order chi connectivity index (χ1) is 9.00. The Labute approximate surface area is 124 Å². The molecule has 0 aromatic heterocycles. The number of rotatable bonds is 2. The van der Waals surface area contributed by atoms with Crippen LogP contribution in [0, 0.1) is 0 Å². The molecule has 1 aromatic carbocycles. The molecule has 0 amide bonds. The van der Waals surface area contributed by atoms with Gasteiger partial charge >= 0.3 is 0 Å². The molecule has 1 unspecified atom stereocenters. The van der Waals surface area contributed by atoms with E-state index in [0.717, 1.165) is 26.1 Å². The van der Waals surface area contributed by atoms with Crippen LogP contribution in [0.4, 0.5) is 0 Å². The highest BCUT2D eigenvalue weighted by Gasteiger charge is 2.29. The van der Waals surface area contributed by atoms with Gasteiger partial charge in [-0.15, -0.1) is 0 Å². The Hall–Kier alpha value is -0.610. The van der Waals surface area contributed by atoms with E-state index >= 15 is 0 Å². The molecular formula is C14H18Cl2N2O. The highest BCUT2D eigenvalue weighted by molar-refractivity contribution is 6.44. The minimum absolute atomic E-state index is 0.0451. The molecule has 0 N–H and O–H groups in total. The molecule has 1 atom stereocenters. The molecule has 1 fully saturated rings. The van der Waals surface area contributed by atoms with Gasteiger partial charge in [-0.2, -0.15) is 0 Å². The van der Waals surface area contributed by atoms with E-state index in [9.17, 15) is 4.79 Å². The molecule has 104 valence electrons.